The molecule has 2 aromatic rings. The van der Waals surface area contributed by atoms with Gasteiger partial charge in [0, 0.05) is 5.39 Å². The van der Waals surface area contributed by atoms with Crippen molar-refractivity contribution >= 4 is 28.2 Å². The first-order chi connectivity index (χ1) is 9.30. The number of pyridine rings is 1. The van der Waals surface area contributed by atoms with Crippen LogP contribution in [0.1, 0.15) is 20.8 Å². The normalized spacial score (nSPS) is 11.4. The standard InChI is InChI=1S/C14H18N4O2/c1-14(2,3)13(19)20-18(16)12-9-6-4-5-7-11(9)17-8-10(12)15/h4-8H,15-16H2,1-3H3. The molecule has 0 aliphatic heterocycles. The van der Waals surface area contributed by atoms with E-state index >= 15 is 0 Å². The van der Waals surface area contributed by atoms with Crippen LogP contribution in [-0.4, -0.2) is 11.0 Å². The SMILES string of the molecule is CC(C)(C)C(=O)ON(N)c1c(N)cnc2ccccc12. The number of carbonyl (C=O) groups is 1. The minimum absolute atomic E-state index is 0.341. The molecule has 0 radical (unpaired) electrons. The van der Waals surface area contributed by atoms with E-state index in [9.17, 15) is 4.79 Å². The van der Waals surface area contributed by atoms with Crippen molar-refractivity contribution in [3.63, 3.8) is 0 Å². The number of benzene rings is 1. The minimum atomic E-state index is -0.658. The second-order valence-corrected chi connectivity index (χ2v) is 5.53. The fourth-order valence-corrected chi connectivity index (χ4v) is 1.66. The summed E-state index contributed by atoms with van der Waals surface area (Å²) in [4.78, 5) is 21.3. The zero-order valence-electron chi connectivity index (χ0n) is 11.8. The molecule has 0 saturated heterocycles. The number of aromatic nitrogens is 1. The van der Waals surface area contributed by atoms with Gasteiger partial charge >= 0.3 is 5.97 Å². The van der Waals surface area contributed by atoms with Gasteiger partial charge in [-0.3, -0.25) is 4.98 Å². The van der Waals surface area contributed by atoms with E-state index in [4.69, 9.17) is 16.4 Å². The summed E-state index contributed by atoms with van der Waals surface area (Å²) < 4.78 is 0. The van der Waals surface area contributed by atoms with Gasteiger partial charge in [-0.05, 0) is 26.8 Å². The van der Waals surface area contributed by atoms with Gasteiger partial charge in [0.25, 0.3) is 0 Å². The van der Waals surface area contributed by atoms with Crippen LogP contribution in [0.2, 0.25) is 0 Å². The molecule has 1 aromatic heterocycles. The van der Waals surface area contributed by atoms with Crippen LogP contribution in [0.25, 0.3) is 10.9 Å². The maximum Gasteiger partial charge on any atom is 0.339 e. The number of anilines is 2. The van der Waals surface area contributed by atoms with Crippen LogP contribution < -0.4 is 16.7 Å². The Morgan fingerprint density at radius 2 is 1.95 bits per heavy atom. The largest absolute Gasteiger partial charge is 0.396 e. The monoisotopic (exact) mass is 274 g/mol. The van der Waals surface area contributed by atoms with Crippen LogP contribution in [0, 0.1) is 5.41 Å². The van der Waals surface area contributed by atoms with Gasteiger partial charge in [-0.15, -0.1) is 5.17 Å². The van der Waals surface area contributed by atoms with Crippen LogP contribution in [0.5, 0.6) is 0 Å². The Bertz CT molecular complexity index is 649. The lowest BCUT2D eigenvalue weighted by Gasteiger charge is -2.24. The van der Waals surface area contributed by atoms with Crippen molar-refractivity contribution in [2.24, 2.45) is 11.3 Å². The number of nitrogens with zero attached hydrogens (tertiary/aromatic N) is 2. The number of rotatable bonds is 2. The lowest BCUT2D eigenvalue weighted by molar-refractivity contribution is -0.154. The third-order valence-corrected chi connectivity index (χ3v) is 2.79. The fraction of sp³-hybridized carbons (Fsp3) is 0.286. The number of hydrogen-bond donors (Lipinski definition) is 2. The van der Waals surface area contributed by atoms with Crippen molar-refractivity contribution in [3.8, 4) is 0 Å². The van der Waals surface area contributed by atoms with Crippen LogP contribution >= 0.6 is 0 Å². The number of hydrazine groups is 1. The third kappa shape index (κ3) is 2.65. The minimum Gasteiger partial charge on any atom is -0.396 e. The Morgan fingerprint density at radius 1 is 1.30 bits per heavy atom. The number of nitrogens with two attached hydrogens (primary N) is 2. The van der Waals surface area contributed by atoms with E-state index < -0.39 is 11.4 Å². The molecule has 1 aromatic carbocycles. The van der Waals surface area contributed by atoms with E-state index in [0.717, 1.165) is 16.1 Å². The second-order valence-electron chi connectivity index (χ2n) is 5.53. The first kappa shape index (κ1) is 14.1. The first-order valence-electron chi connectivity index (χ1n) is 6.21. The van der Waals surface area contributed by atoms with E-state index in [1.807, 2.05) is 24.3 Å². The lowest BCUT2D eigenvalue weighted by Crippen LogP contribution is -2.38. The third-order valence-electron chi connectivity index (χ3n) is 2.79. The second kappa shape index (κ2) is 4.97. The molecule has 0 aliphatic carbocycles. The van der Waals surface area contributed by atoms with E-state index in [2.05, 4.69) is 4.98 Å². The number of nitrogen functional groups attached to an aromatic ring is 1. The summed E-state index contributed by atoms with van der Waals surface area (Å²) in [6.45, 7) is 5.24. The van der Waals surface area contributed by atoms with E-state index in [0.29, 0.717) is 11.4 Å². The predicted molar refractivity (Wildman–Crippen MR) is 78.4 cm³/mol. The van der Waals surface area contributed by atoms with Gasteiger partial charge < -0.3 is 10.6 Å². The molecule has 20 heavy (non-hydrogen) atoms. The van der Waals surface area contributed by atoms with Crippen molar-refractivity contribution in [1.29, 1.82) is 0 Å². The molecule has 106 valence electrons. The van der Waals surface area contributed by atoms with Gasteiger partial charge in [-0.2, -0.15) is 0 Å². The molecule has 0 spiro atoms. The Labute approximate surface area is 117 Å². The molecule has 0 amide bonds. The average molecular weight is 274 g/mol. The predicted octanol–water partition coefficient (Wildman–Crippen LogP) is 2.00. The summed E-state index contributed by atoms with van der Waals surface area (Å²) in [7, 11) is 0. The summed E-state index contributed by atoms with van der Waals surface area (Å²) >= 11 is 0. The number of para-hydroxylation sites is 1. The van der Waals surface area contributed by atoms with Crippen LogP contribution in [0.4, 0.5) is 11.4 Å². The lowest BCUT2D eigenvalue weighted by atomic mass is 9.98. The van der Waals surface area contributed by atoms with Crippen molar-refractivity contribution in [2.45, 2.75) is 20.8 Å². The molecule has 0 aliphatic rings. The molecule has 4 N–H and O–H groups in total. The summed E-state index contributed by atoms with van der Waals surface area (Å²) in [5.41, 5.74) is 6.73. The van der Waals surface area contributed by atoms with Crippen molar-refractivity contribution in [3.05, 3.63) is 30.5 Å². The molecule has 0 fully saturated rings. The molecule has 0 bridgehead atoms. The van der Waals surface area contributed by atoms with E-state index in [1.165, 1.54) is 6.20 Å². The quantitative estimate of drug-likeness (QED) is 0.642. The number of carbonyl (C=O) groups excluding carboxylic acids is 1. The number of fused-ring (bicyclic) bond motifs is 1. The molecule has 0 atom stereocenters. The van der Waals surface area contributed by atoms with Gasteiger partial charge in [0.1, 0.15) is 5.69 Å². The van der Waals surface area contributed by atoms with Gasteiger partial charge in [0.15, 0.2) is 0 Å². The highest BCUT2D eigenvalue weighted by atomic mass is 16.7. The van der Waals surface area contributed by atoms with Crippen molar-refractivity contribution in [2.75, 3.05) is 10.9 Å². The van der Waals surface area contributed by atoms with Crippen LogP contribution in [0.3, 0.4) is 0 Å². The molecular weight excluding hydrogens is 256 g/mol. The fourth-order valence-electron chi connectivity index (χ4n) is 1.66. The summed E-state index contributed by atoms with van der Waals surface area (Å²) in [6.07, 6.45) is 1.49. The van der Waals surface area contributed by atoms with E-state index in [-0.39, 0.29) is 0 Å². The number of hydrogen-bond acceptors (Lipinski definition) is 6. The highest BCUT2D eigenvalue weighted by molar-refractivity contribution is 5.97. The maximum atomic E-state index is 11.9. The highest BCUT2D eigenvalue weighted by Crippen LogP contribution is 2.30. The molecule has 2 rings (SSSR count). The Morgan fingerprint density at radius 3 is 2.60 bits per heavy atom. The topological polar surface area (TPSA) is 94.5 Å². The molecule has 0 unspecified atom stereocenters. The smallest absolute Gasteiger partial charge is 0.339 e. The van der Waals surface area contributed by atoms with Crippen LogP contribution in [0.15, 0.2) is 30.5 Å². The molecule has 0 saturated carbocycles. The summed E-state index contributed by atoms with van der Waals surface area (Å²) in [6, 6.07) is 7.35. The zero-order valence-corrected chi connectivity index (χ0v) is 11.8. The van der Waals surface area contributed by atoms with Gasteiger partial charge in [0.2, 0.25) is 0 Å². The summed E-state index contributed by atoms with van der Waals surface area (Å²) in [5.74, 6) is 5.40. The Hall–Kier alpha value is -2.34. The van der Waals surface area contributed by atoms with Crippen LogP contribution in [-0.2, 0) is 9.63 Å². The Balaban J connectivity index is 2.42. The van der Waals surface area contributed by atoms with Gasteiger partial charge in [0.05, 0.1) is 22.8 Å². The highest BCUT2D eigenvalue weighted by Gasteiger charge is 2.26. The molecular formula is C14H18N4O2. The Kier molecular flexibility index (Phi) is 3.50. The molecule has 6 heteroatoms. The zero-order chi connectivity index (χ0) is 14.9. The van der Waals surface area contributed by atoms with Crippen molar-refractivity contribution in [1.82, 2.24) is 4.98 Å². The van der Waals surface area contributed by atoms with E-state index in [1.54, 1.807) is 20.8 Å². The first-order valence-corrected chi connectivity index (χ1v) is 6.21. The van der Waals surface area contributed by atoms with Gasteiger partial charge in [-0.25, -0.2) is 10.6 Å². The summed E-state index contributed by atoms with van der Waals surface area (Å²) in [5, 5.41) is 1.63. The molecule has 6 nitrogen and oxygen atoms in total. The molecule has 1 heterocycles. The average Bonchev–Trinajstić information content (AvgIpc) is 2.37. The maximum absolute atomic E-state index is 11.9. The van der Waals surface area contributed by atoms with Gasteiger partial charge in [-0.1, -0.05) is 18.2 Å². The van der Waals surface area contributed by atoms with Crippen molar-refractivity contribution < 1.29 is 9.63 Å².